The average molecular weight is 300 g/mol. The van der Waals surface area contributed by atoms with Crippen molar-refractivity contribution in [1.29, 1.82) is 0 Å². The summed E-state index contributed by atoms with van der Waals surface area (Å²) in [6, 6.07) is 5.37. The molecule has 0 aromatic carbocycles. The van der Waals surface area contributed by atoms with Crippen LogP contribution in [0, 0.1) is 0 Å². The minimum Gasteiger partial charge on any atom is -0.352 e. The number of aromatic nitrogens is 4. The molecule has 2 aromatic rings. The molecule has 1 unspecified atom stereocenters. The molecule has 1 atom stereocenters. The minimum absolute atomic E-state index is 0.0639. The van der Waals surface area contributed by atoms with Gasteiger partial charge in [0.2, 0.25) is 5.95 Å². The highest BCUT2D eigenvalue weighted by Crippen LogP contribution is 2.25. The van der Waals surface area contributed by atoms with Crippen LogP contribution in [0.3, 0.4) is 0 Å². The van der Waals surface area contributed by atoms with Crippen molar-refractivity contribution in [3.63, 3.8) is 0 Å². The summed E-state index contributed by atoms with van der Waals surface area (Å²) >= 11 is 0. The van der Waals surface area contributed by atoms with E-state index < -0.39 is 0 Å². The van der Waals surface area contributed by atoms with Gasteiger partial charge in [-0.3, -0.25) is 4.79 Å². The van der Waals surface area contributed by atoms with Gasteiger partial charge in [0.05, 0.1) is 12.6 Å². The standard InChI is InChI=1S/C15H20N6O/c1-19(2)15-16-9-7-13(18-15)20-10-4-5-12(20)11-21-14(22)6-3-8-17-21/h3,6-9,12H,4-5,10-11H2,1-2H3. The molecule has 0 N–H and O–H groups in total. The molecule has 22 heavy (non-hydrogen) atoms. The zero-order valence-electron chi connectivity index (χ0n) is 12.9. The van der Waals surface area contributed by atoms with E-state index in [1.807, 2.05) is 25.1 Å². The third-order valence-electron chi connectivity index (χ3n) is 3.87. The van der Waals surface area contributed by atoms with Crippen LogP contribution in [0.4, 0.5) is 11.8 Å². The summed E-state index contributed by atoms with van der Waals surface area (Å²) in [7, 11) is 3.85. The number of hydrogen-bond acceptors (Lipinski definition) is 6. The molecule has 0 spiro atoms. The van der Waals surface area contributed by atoms with E-state index in [2.05, 4.69) is 20.0 Å². The van der Waals surface area contributed by atoms with Gasteiger partial charge >= 0.3 is 0 Å². The van der Waals surface area contributed by atoms with Gasteiger partial charge in [-0.1, -0.05) is 0 Å². The first-order chi connectivity index (χ1) is 10.6. The highest BCUT2D eigenvalue weighted by molar-refractivity contribution is 5.45. The lowest BCUT2D eigenvalue weighted by atomic mass is 10.2. The first-order valence-electron chi connectivity index (χ1n) is 7.44. The predicted molar refractivity (Wildman–Crippen MR) is 85.2 cm³/mol. The lowest BCUT2D eigenvalue weighted by Crippen LogP contribution is -2.37. The van der Waals surface area contributed by atoms with Crippen molar-refractivity contribution in [3.8, 4) is 0 Å². The van der Waals surface area contributed by atoms with Crippen molar-refractivity contribution >= 4 is 11.8 Å². The summed E-state index contributed by atoms with van der Waals surface area (Å²) in [6.45, 7) is 1.52. The molecule has 7 heteroatoms. The highest BCUT2D eigenvalue weighted by atomic mass is 16.1. The van der Waals surface area contributed by atoms with Gasteiger partial charge in [0, 0.05) is 39.1 Å². The van der Waals surface area contributed by atoms with Crippen LogP contribution in [0.1, 0.15) is 12.8 Å². The van der Waals surface area contributed by atoms with Crippen molar-refractivity contribution in [2.24, 2.45) is 0 Å². The first kappa shape index (κ1) is 14.5. The molecule has 0 amide bonds. The molecule has 1 aliphatic heterocycles. The summed E-state index contributed by atoms with van der Waals surface area (Å²) in [5.41, 5.74) is -0.0639. The Morgan fingerprint density at radius 1 is 1.32 bits per heavy atom. The Morgan fingerprint density at radius 3 is 2.95 bits per heavy atom. The Balaban J connectivity index is 1.83. The van der Waals surface area contributed by atoms with E-state index in [-0.39, 0.29) is 11.6 Å². The van der Waals surface area contributed by atoms with Crippen LogP contribution in [0.25, 0.3) is 0 Å². The van der Waals surface area contributed by atoms with Gasteiger partial charge in [0.1, 0.15) is 5.82 Å². The van der Waals surface area contributed by atoms with E-state index in [9.17, 15) is 4.79 Å². The molecule has 0 radical (unpaired) electrons. The third-order valence-corrected chi connectivity index (χ3v) is 3.87. The minimum atomic E-state index is -0.0639. The molecule has 0 bridgehead atoms. The lowest BCUT2D eigenvalue weighted by Gasteiger charge is -2.26. The van der Waals surface area contributed by atoms with E-state index in [0.29, 0.717) is 12.5 Å². The monoisotopic (exact) mass is 300 g/mol. The van der Waals surface area contributed by atoms with E-state index >= 15 is 0 Å². The fourth-order valence-corrected chi connectivity index (χ4v) is 2.77. The van der Waals surface area contributed by atoms with Crippen molar-refractivity contribution in [2.75, 3.05) is 30.4 Å². The van der Waals surface area contributed by atoms with Crippen LogP contribution in [-0.4, -0.2) is 46.4 Å². The summed E-state index contributed by atoms with van der Waals surface area (Å²) in [4.78, 5) is 24.8. The van der Waals surface area contributed by atoms with Crippen LogP contribution >= 0.6 is 0 Å². The van der Waals surface area contributed by atoms with Crippen molar-refractivity contribution in [3.05, 3.63) is 40.9 Å². The Labute approximate surface area is 129 Å². The topological polar surface area (TPSA) is 67.2 Å². The fourth-order valence-electron chi connectivity index (χ4n) is 2.77. The number of anilines is 2. The van der Waals surface area contributed by atoms with Gasteiger partial charge < -0.3 is 9.80 Å². The van der Waals surface area contributed by atoms with Gasteiger partial charge in [0.25, 0.3) is 5.56 Å². The molecule has 1 fully saturated rings. The molecule has 1 saturated heterocycles. The number of nitrogens with zero attached hydrogens (tertiary/aromatic N) is 6. The smallest absolute Gasteiger partial charge is 0.266 e. The maximum Gasteiger partial charge on any atom is 0.266 e. The molecule has 2 aromatic heterocycles. The van der Waals surface area contributed by atoms with Crippen LogP contribution in [-0.2, 0) is 6.54 Å². The summed E-state index contributed by atoms with van der Waals surface area (Å²) in [5, 5.41) is 4.15. The maximum absolute atomic E-state index is 11.8. The van der Waals surface area contributed by atoms with E-state index in [1.165, 1.54) is 4.68 Å². The lowest BCUT2D eigenvalue weighted by molar-refractivity contribution is 0.487. The summed E-state index contributed by atoms with van der Waals surface area (Å²) in [5.74, 6) is 1.60. The molecular weight excluding hydrogens is 280 g/mol. The highest BCUT2D eigenvalue weighted by Gasteiger charge is 2.27. The molecule has 3 rings (SSSR count). The fraction of sp³-hybridized carbons (Fsp3) is 0.467. The molecular formula is C15H20N6O. The van der Waals surface area contributed by atoms with Crippen LogP contribution in [0.2, 0.25) is 0 Å². The van der Waals surface area contributed by atoms with Crippen LogP contribution < -0.4 is 15.4 Å². The molecule has 0 saturated carbocycles. The van der Waals surface area contributed by atoms with E-state index in [0.717, 1.165) is 25.2 Å². The van der Waals surface area contributed by atoms with Gasteiger partial charge in [0.15, 0.2) is 0 Å². The Kier molecular flexibility index (Phi) is 4.04. The maximum atomic E-state index is 11.8. The second kappa shape index (κ2) is 6.13. The summed E-state index contributed by atoms with van der Waals surface area (Å²) < 4.78 is 1.52. The number of rotatable bonds is 4. The van der Waals surface area contributed by atoms with Gasteiger partial charge in [-0.2, -0.15) is 10.1 Å². The van der Waals surface area contributed by atoms with Gasteiger partial charge in [-0.05, 0) is 25.0 Å². The second-order valence-corrected chi connectivity index (χ2v) is 5.64. The van der Waals surface area contributed by atoms with Crippen LogP contribution in [0.5, 0.6) is 0 Å². The van der Waals surface area contributed by atoms with E-state index in [4.69, 9.17) is 0 Å². The van der Waals surface area contributed by atoms with E-state index in [1.54, 1.807) is 24.5 Å². The Morgan fingerprint density at radius 2 is 2.18 bits per heavy atom. The predicted octanol–water partition coefficient (Wildman–Crippen LogP) is 0.768. The normalized spacial score (nSPS) is 17.7. The zero-order valence-corrected chi connectivity index (χ0v) is 12.9. The Hall–Kier alpha value is -2.44. The quantitative estimate of drug-likeness (QED) is 0.831. The third kappa shape index (κ3) is 2.93. The second-order valence-electron chi connectivity index (χ2n) is 5.64. The zero-order chi connectivity index (χ0) is 15.5. The molecule has 7 nitrogen and oxygen atoms in total. The largest absolute Gasteiger partial charge is 0.352 e. The van der Waals surface area contributed by atoms with Crippen molar-refractivity contribution in [2.45, 2.75) is 25.4 Å². The molecule has 0 aliphatic carbocycles. The van der Waals surface area contributed by atoms with Crippen molar-refractivity contribution < 1.29 is 0 Å². The first-order valence-corrected chi connectivity index (χ1v) is 7.44. The number of hydrogen-bond donors (Lipinski definition) is 0. The van der Waals surface area contributed by atoms with Gasteiger partial charge in [-0.25, -0.2) is 9.67 Å². The van der Waals surface area contributed by atoms with Gasteiger partial charge in [-0.15, -0.1) is 0 Å². The molecule has 1 aliphatic rings. The van der Waals surface area contributed by atoms with Crippen LogP contribution in [0.15, 0.2) is 35.4 Å². The Bertz CT molecular complexity index is 698. The average Bonchev–Trinajstić information content (AvgIpc) is 2.98. The molecule has 116 valence electrons. The molecule has 3 heterocycles. The summed E-state index contributed by atoms with van der Waals surface area (Å²) in [6.07, 6.45) is 5.55. The van der Waals surface area contributed by atoms with Crippen molar-refractivity contribution in [1.82, 2.24) is 19.7 Å². The SMILES string of the molecule is CN(C)c1nccc(N2CCCC2Cn2ncccc2=O)n1.